The van der Waals surface area contributed by atoms with Crippen molar-refractivity contribution in [3.8, 4) is 5.69 Å². The van der Waals surface area contributed by atoms with Crippen LogP contribution in [0.25, 0.3) is 5.69 Å². The average Bonchev–Trinajstić information content (AvgIpc) is 3.19. The molecule has 1 aromatic carbocycles. The number of benzene rings is 1. The van der Waals surface area contributed by atoms with Crippen LogP contribution in [0.1, 0.15) is 25.3 Å². The Labute approximate surface area is 133 Å². The van der Waals surface area contributed by atoms with Crippen molar-refractivity contribution >= 4 is 17.7 Å². The monoisotopic (exact) mass is 317 g/mol. The van der Waals surface area contributed by atoms with E-state index in [9.17, 15) is 4.79 Å². The molecule has 0 bridgehead atoms. The Bertz CT molecular complexity index is 613. The molecular formula is C15H19N5OS. The molecule has 116 valence electrons. The summed E-state index contributed by atoms with van der Waals surface area (Å²) in [5, 5.41) is 11.4. The van der Waals surface area contributed by atoms with Gasteiger partial charge in [0.2, 0.25) is 5.91 Å². The molecule has 6 nitrogen and oxygen atoms in total. The van der Waals surface area contributed by atoms with Crippen molar-refractivity contribution in [3.05, 3.63) is 36.2 Å². The molecule has 1 amide bonds. The van der Waals surface area contributed by atoms with Gasteiger partial charge in [0.25, 0.3) is 0 Å². The summed E-state index contributed by atoms with van der Waals surface area (Å²) in [6, 6.07) is 7.79. The highest BCUT2D eigenvalue weighted by molar-refractivity contribution is 8.00. The second-order valence-electron chi connectivity index (χ2n) is 5.30. The molecule has 2 aromatic rings. The molecule has 3 rings (SSSR count). The minimum atomic E-state index is 0.221. The maximum Gasteiger partial charge on any atom is 0.227 e. The lowest BCUT2D eigenvalue weighted by Crippen LogP contribution is -2.35. The molecule has 0 N–H and O–H groups in total. The topological polar surface area (TPSA) is 63.9 Å². The number of carbonyl (C=O) groups excluding carboxylic acids is 1. The minimum Gasteiger partial charge on any atom is -0.330 e. The van der Waals surface area contributed by atoms with Gasteiger partial charge in [-0.2, -0.15) is 0 Å². The molecule has 7 heteroatoms. The summed E-state index contributed by atoms with van der Waals surface area (Å²) in [6.45, 7) is 3.04. The molecule has 2 heterocycles. The van der Waals surface area contributed by atoms with Crippen LogP contribution in [-0.2, 0) is 11.2 Å². The van der Waals surface area contributed by atoms with E-state index in [0.29, 0.717) is 11.8 Å². The first-order valence-corrected chi connectivity index (χ1v) is 8.56. The van der Waals surface area contributed by atoms with Gasteiger partial charge in [0.1, 0.15) is 6.33 Å². The van der Waals surface area contributed by atoms with Gasteiger partial charge in [0.05, 0.1) is 17.5 Å². The molecule has 22 heavy (non-hydrogen) atoms. The van der Waals surface area contributed by atoms with E-state index in [1.54, 1.807) is 11.0 Å². The van der Waals surface area contributed by atoms with Crippen LogP contribution in [0, 0.1) is 0 Å². The Balaban J connectivity index is 1.64. The summed E-state index contributed by atoms with van der Waals surface area (Å²) >= 11 is 1.89. The summed E-state index contributed by atoms with van der Waals surface area (Å²) in [7, 11) is 0. The summed E-state index contributed by atoms with van der Waals surface area (Å²) in [6.07, 6.45) is 4.20. The first kappa shape index (κ1) is 15.0. The first-order chi connectivity index (χ1) is 10.8. The maximum absolute atomic E-state index is 12.5. The zero-order valence-corrected chi connectivity index (χ0v) is 13.4. The van der Waals surface area contributed by atoms with E-state index in [4.69, 9.17) is 0 Å². The Morgan fingerprint density at radius 2 is 2.18 bits per heavy atom. The van der Waals surface area contributed by atoms with E-state index in [2.05, 4.69) is 22.4 Å². The van der Waals surface area contributed by atoms with E-state index in [1.165, 1.54) is 0 Å². The van der Waals surface area contributed by atoms with Crippen LogP contribution in [0.3, 0.4) is 0 Å². The molecule has 0 saturated carbocycles. The minimum absolute atomic E-state index is 0.221. The molecule has 1 fully saturated rings. The Hall–Kier alpha value is -1.89. The molecular weight excluding hydrogens is 298 g/mol. The Morgan fingerprint density at radius 3 is 2.86 bits per heavy atom. The number of hydrogen-bond acceptors (Lipinski definition) is 5. The largest absolute Gasteiger partial charge is 0.330 e. The van der Waals surface area contributed by atoms with Gasteiger partial charge in [-0.1, -0.05) is 25.5 Å². The van der Waals surface area contributed by atoms with E-state index in [0.717, 1.165) is 36.4 Å². The smallest absolute Gasteiger partial charge is 0.227 e. The van der Waals surface area contributed by atoms with Crippen molar-refractivity contribution in [2.75, 3.05) is 12.3 Å². The van der Waals surface area contributed by atoms with Crippen LogP contribution in [-0.4, -0.2) is 48.7 Å². The van der Waals surface area contributed by atoms with E-state index < -0.39 is 0 Å². The van der Waals surface area contributed by atoms with Gasteiger partial charge >= 0.3 is 0 Å². The Kier molecular flexibility index (Phi) is 4.72. The van der Waals surface area contributed by atoms with Crippen molar-refractivity contribution in [2.45, 2.75) is 31.6 Å². The fourth-order valence-corrected chi connectivity index (χ4v) is 3.99. The number of amides is 1. The molecule has 0 radical (unpaired) electrons. The second-order valence-corrected chi connectivity index (χ2v) is 6.58. The molecule has 1 aromatic heterocycles. The third kappa shape index (κ3) is 3.30. The lowest BCUT2D eigenvalue weighted by Gasteiger charge is -2.23. The third-order valence-electron chi connectivity index (χ3n) is 3.75. The number of rotatable bonds is 5. The molecule has 0 aliphatic carbocycles. The molecule has 1 saturated heterocycles. The number of aromatic nitrogens is 4. The zero-order valence-electron chi connectivity index (χ0n) is 12.6. The predicted octanol–water partition coefficient (Wildman–Crippen LogP) is 1.91. The van der Waals surface area contributed by atoms with Gasteiger partial charge in [-0.25, -0.2) is 4.68 Å². The SMILES string of the molecule is CCC[C@@H]1SCCN1C(=O)Cc1ccc(-n2cnnn2)cc1. The lowest BCUT2D eigenvalue weighted by molar-refractivity contribution is -0.130. The van der Waals surface area contributed by atoms with Crippen molar-refractivity contribution < 1.29 is 4.79 Å². The number of carbonyl (C=O) groups is 1. The quantitative estimate of drug-likeness (QED) is 0.843. The molecule has 1 atom stereocenters. The average molecular weight is 317 g/mol. The highest BCUT2D eigenvalue weighted by atomic mass is 32.2. The second kappa shape index (κ2) is 6.91. The third-order valence-corrected chi connectivity index (χ3v) is 5.04. The first-order valence-electron chi connectivity index (χ1n) is 7.51. The number of hydrogen-bond donors (Lipinski definition) is 0. The van der Waals surface area contributed by atoms with Crippen LogP contribution in [0.2, 0.25) is 0 Å². The highest BCUT2D eigenvalue weighted by Gasteiger charge is 2.28. The van der Waals surface area contributed by atoms with Crippen LogP contribution in [0.15, 0.2) is 30.6 Å². The fourth-order valence-electron chi connectivity index (χ4n) is 2.61. The lowest BCUT2D eigenvalue weighted by atomic mass is 10.1. The summed E-state index contributed by atoms with van der Waals surface area (Å²) in [5.74, 6) is 1.27. The van der Waals surface area contributed by atoms with Crippen molar-refractivity contribution in [2.24, 2.45) is 0 Å². The molecule has 1 aliphatic rings. The van der Waals surface area contributed by atoms with Gasteiger partial charge in [-0.15, -0.1) is 16.9 Å². The summed E-state index contributed by atoms with van der Waals surface area (Å²) in [4.78, 5) is 14.5. The van der Waals surface area contributed by atoms with Crippen LogP contribution in [0.4, 0.5) is 0 Å². The number of tetrazole rings is 1. The predicted molar refractivity (Wildman–Crippen MR) is 85.7 cm³/mol. The van der Waals surface area contributed by atoms with Gasteiger partial charge < -0.3 is 4.90 Å². The van der Waals surface area contributed by atoms with E-state index in [-0.39, 0.29) is 5.91 Å². The van der Waals surface area contributed by atoms with Gasteiger partial charge in [-0.3, -0.25) is 4.79 Å². The highest BCUT2D eigenvalue weighted by Crippen LogP contribution is 2.28. The standard InChI is InChI=1S/C15H19N5OS/c1-2-3-15-19(8-9-22-15)14(21)10-12-4-6-13(7-5-12)20-11-16-17-18-20/h4-7,11,15H,2-3,8-10H2,1H3/t15-/m0/s1. The van der Waals surface area contributed by atoms with Crippen molar-refractivity contribution in [1.29, 1.82) is 0 Å². The van der Waals surface area contributed by atoms with Crippen LogP contribution >= 0.6 is 11.8 Å². The Morgan fingerprint density at radius 1 is 1.36 bits per heavy atom. The van der Waals surface area contributed by atoms with Gasteiger partial charge in [-0.05, 0) is 34.5 Å². The van der Waals surface area contributed by atoms with Gasteiger partial charge in [0, 0.05) is 12.3 Å². The zero-order chi connectivity index (χ0) is 15.4. The normalized spacial score (nSPS) is 17.9. The van der Waals surface area contributed by atoms with Gasteiger partial charge in [0.15, 0.2) is 0 Å². The summed E-state index contributed by atoms with van der Waals surface area (Å²) < 4.78 is 1.60. The van der Waals surface area contributed by atoms with E-state index >= 15 is 0 Å². The molecule has 1 aliphatic heterocycles. The summed E-state index contributed by atoms with van der Waals surface area (Å²) in [5.41, 5.74) is 1.91. The maximum atomic E-state index is 12.5. The fraction of sp³-hybridized carbons (Fsp3) is 0.467. The van der Waals surface area contributed by atoms with Crippen LogP contribution in [0.5, 0.6) is 0 Å². The number of thioether (sulfide) groups is 1. The van der Waals surface area contributed by atoms with E-state index in [1.807, 2.05) is 40.9 Å². The molecule has 0 unspecified atom stereocenters. The number of nitrogens with zero attached hydrogens (tertiary/aromatic N) is 5. The van der Waals surface area contributed by atoms with Crippen LogP contribution < -0.4 is 0 Å². The van der Waals surface area contributed by atoms with Crippen molar-refractivity contribution in [3.63, 3.8) is 0 Å². The van der Waals surface area contributed by atoms with Crippen molar-refractivity contribution in [1.82, 2.24) is 25.1 Å². The molecule has 0 spiro atoms.